The van der Waals surface area contributed by atoms with Gasteiger partial charge in [-0.25, -0.2) is 4.79 Å². The highest BCUT2D eigenvalue weighted by Gasteiger charge is 2.30. The van der Waals surface area contributed by atoms with Gasteiger partial charge in [0.05, 0.1) is 18.9 Å². The van der Waals surface area contributed by atoms with Gasteiger partial charge in [-0.3, -0.25) is 4.98 Å². The van der Waals surface area contributed by atoms with Gasteiger partial charge in [-0.2, -0.15) is 0 Å². The van der Waals surface area contributed by atoms with Gasteiger partial charge < -0.3 is 14.2 Å². The van der Waals surface area contributed by atoms with Crippen molar-refractivity contribution in [3.8, 4) is 5.75 Å². The molecule has 1 aromatic heterocycles. The number of aryl methyl sites for hydroxylation is 1. The summed E-state index contributed by atoms with van der Waals surface area (Å²) >= 11 is 0. The second-order valence-electron chi connectivity index (χ2n) is 4.98. The summed E-state index contributed by atoms with van der Waals surface area (Å²) in [5.41, 5.74) is 2.51. The zero-order valence-electron chi connectivity index (χ0n) is 12.2. The third kappa shape index (κ3) is 3.17. The zero-order valence-corrected chi connectivity index (χ0v) is 12.2. The predicted molar refractivity (Wildman–Crippen MR) is 74.1 cm³/mol. The highest BCUT2D eigenvalue weighted by molar-refractivity contribution is 5.87. The number of hydrogen-bond acceptors (Lipinski definition) is 5. The summed E-state index contributed by atoms with van der Waals surface area (Å²) in [6, 6.07) is 0. The van der Waals surface area contributed by atoms with Crippen molar-refractivity contribution in [1.82, 2.24) is 4.98 Å². The molecule has 0 N–H and O–H groups in total. The van der Waals surface area contributed by atoms with Gasteiger partial charge in [0, 0.05) is 37.2 Å². The lowest BCUT2D eigenvalue weighted by molar-refractivity contribution is -0.180. The van der Waals surface area contributed by atoms with Crippen molar-refractivity contribution in [2.24, 2.45) is 0 Å². The smallest absolute Gasteiger partial charge is 0.330 e. The first-order valence-electron chi connectivity index (χ1n) is 6.59. The molecule has 0 saturated carbocycles. The fourth-order valence-electron chi connectivity index (χ4n) is 1.95. The van der Waals surface area contributed by atoms with E-state index in [1.165, 1.54) is 6.08 Å². The van der Waals surface area contributed by atoms with Crippen LogP contribution in [0.3, 0.4) is 0 Å². The van der Waals surface area contributed by atoms with Gasteiger partial charge in [-0.15, -0.1) is 0 Å². The molecule has 0 aromatic carbocycles. The predicted octanol–water partition coefficient (Wildman–Crippen LogP) is 2.61. The van der Waals surface area contributed by atoms with Crippen LogP contribution in [0.15, 0.2) is 12.3 Å². The largest absolute Gasteiger partial charge is 0.463 e. The molecule has 1 aromatic rings. The summed E-state index contributed by atoms with van der Waals surface area (Å²) in [6.45, 7) is 8.15. The van der Waals surface area contributed by atoms with E-state index >= 15 is 0 Å². The molecule has 0 spiro atoms. The number of esters is 1. The topological polar surface area (TPSA) is 57.7 Å². The first-order valence-corrected chi connectivity index (χ1v) is 6.59. The van der Waals surface area contributed by atoms with Crippen LogP contribution in [0.25, 0.3) is 6.08 Å². The molecule has 0 atom stereocenters. The van der Waals surface area contributed by atoms with Crippen molar-refractivity contribution in [3.63, 3.8) is 0 Å². The van der Waals surface area contributed by atoms with E-state index in [0.29, 0.717) is 13.2 Å². The molecule has 5 heteroatoms. The van der Waals surface area contributed by atoms with Crippen LogP contribution in [-0.4, -0.2) is 23.3 Å². The van der Waals surface area contributed by atoms with Crippen LogP contribution in [0.5, 0.6) is 5.75 Å². The maximum Gasteiger partial charge on any atom is 0.330 e. The summed E-state index contributed by atoms with van der Waals surface area (Å²) in [5.74, 6) is -0.310. The molecule has 2 heterocycles. The van der Waals surface area contributed by atoms with Crippen molar-refractivity contribution in [2.75, 3.05) is 6.61 Å². The van der Waals surface area contributed by atoms with Crippen LogP contribution in [0.4, 0.5) is 0 Å². The van der Waals surface area contributed by atoms with Crippen molar-refractivity contribution in [2.45, 2.75) is 40.1 Å². The number of fused-ring (bicyclic) bond motifs is 1. The van der Waals surface area contributed by atoms with E-state index in [-0.39, 0.29) is 5.97 Å². The molecule has 0 amide bonds. The summed E-state index contributed by atoms with van der Waals surface area (Å²) < 4.78 is 16.3. The molecule has 1 aliphatic rings. The van der Waals surface area contributed by atoms with E-state index < -0.39 is 5.79 Å². The van der Waals surface area contributed by atoms with Crippen molar-refractivity contribution < 1.29 is 19.0 Å². The molecule has 2 rings (SSSR count). The molecule has 0 aliphatic carbocycles. The second-order valence-corrected chi connectivity index (χ2v) is 4.98. The molecule has 0 radical (unpaired) electrons. The number of carbonyl (C=O) groups is 1. The van der Waals surface area contributed by atoms with Crippen molar-refractivity contribution >= 4 is 12.0 Å². The Bertz CT molecular complexity index is 549. The van der Waals surface area contributed by atoms with E-state index in [2.05, 4.69) is 4.98 Å². The number of nitrogens with zero attached hydrogens (tertiary/aromatic N) is 1. The standard InChI is InChI=1S/C15H19NO4/c1-5-18-13(17)7-6-11-8-16-10(2)14-12(11)9-19-15(3,4)20-14/h6-8H,5,9H2,1-4H3/b7-6+. The lowest BCUT2D eigenvalue weighted by Gasteiger charge is -2.33. The van der Waals surface area contributed by atoms with Crippen LogP contribution in [-0.2, 0) is 20.9 Å². The highest BCUT2D eigenvalue weighted by atomic mass is 16.7. The fourth-order valence-corrected chi connectivity index (χ4v) is 1.95. The average Bonchev–Trinajstić information content (AvgIpc) is 2.38. The molecular formula is C15H19NO4. The van der Waals surface area contributed by atoms with Gasteiger partial charge in [-0.05, 0) is 19.9 Å². The number of pyridine rings is 1. The molecule has 0 unspecified atom stereocenters. The van der Waals surface area contributed by atoms with Gasteiger partial charge in [0.15, 0.2) is 0 Å². The van der Waals surface area contributed by atoms with Crippen LogP contribution < -0.4 is 4.74 Å². The molecule has 0 saturated heterocycles. The van der Waals surface area contributed by atoms with Crippen LogP contribution in [0, 0.1) is 6.92 Å². The molecule has 0 bridgehead atoms. The van der Waals surface area contributed by atoms with Gasteiger partial charge in [0.2, 0.25) is 5.79 Å². The summed E-state index contributed by atoms with van der Waals surface area (Å²) in [6.07, 6.45) is 4.76. The zero-order chi connectivity index (χ0) is 14.8. The van der Waals surface area contributed by atoms with Gasteiger partial charge in [0.25, 0.3) is 0 Å². The average molecular weight is 277 g/mol. The number of hydrogen-bond donors (Lipinski definition) is 0. The first kappa shape index (κ1) is 14.5. The van der Waals surface area contributed by atoms with E-state index in [9.17, 15) is 4.79 Å². The van der Waals surface area contributed by atoms with Crippen LogP contribution in [0.2, 0.25) is 0 Å². The van der Waals surface area contributed by atoms with E-state index in [1.807, 2.05) is 20.8 Å². The van der Waals surface area contributed by atoms with Crippen molar-refractivity contribution in [1.29, 1.82) is 0 Å². The summed E-state index contributed by atoms with van der Waals surface area (Å²) in [4.78, 5) is 15.7. The van der Waals surface area contributed by atoms with Gasteiger partial charge >= 0.3 is 5.97 Å². The fraction of sp³-hybridized carbons (Fsp3) is 0.467. The van der Waals surface area contributed by atoms with E-state index in [1.54, 1.807) is 19.2 Å². The minimum atomic E-state index is -0.664. The highest BCUT2D eigenvalue weighted by Crippen LogP contribution is 2.35. The maximum atomic E-state index is 11.4. The Morgan fingerprint density at radius 2 is 2.30 bits per heavy atom. The minimum absolute atomic E-state index is 0.355. The van der Waals surface area contributed by atoms with Crippen molar-refractivity contribution in [3.05, 3.63) is 29.1 Å². The number of aromatic nitrogens is 1. The molecular weight excluding hydrogens is 258 g/mol. The molecule has 0 fully saturated rings. The Hall–Kier alpha value is -1.88. The van der Waals surface area contributed by atoms with Crippen LogP contribution in [0.1, 0.15) is 37.6 Å². The number of carbonyl (C=O) groups excluding carboxylic acids is 1. The lowest BCUT2D eigenvalue weighted by atomic mass is 10.1. The maximum absolute atomic E-state index is 11.4. The Morgan fingerprint density at radius 1 is 1.55 bits per heavy atom. The molecule has 108 valence electrons. The summed E-state index contributed by atoms with van der Waals surface area (Å²) in [7, 11) is 0. The molecule has 5 nitrogen and oxygen atoms in total. The van der Waals surface area contributed by atoms with Crippen LogP contribution >= 0.6 is 0 Å². The molecule has 1 aliphatic heterocycles. The Balaban J connectivity index is 2.31. The van der Waals surface area contributed by atoms with E-state index in [0.717, 1.165) is 22.6 Å². The third-order valence-electron chi connectivity index (χ3n) is 2.95. The Kier molecular flexibility index (Phi) is 4.09. The van der Waals surface area contributed by atoms with Gasteiger partial charge in [-0.1, -0.05) is 0 Å². The number of ether oxygens (including phenoxy) is 3. The summed E-state index contributed by atoms with van der Waals surface area (Å²) in [5, 5.41) is 0. The number of rotatable bonds is 3. The first-order chi connectivity index (χ1) is 9.43. The minimum Gasteiger partial charge on any atom is -0.463 e. The molecule has 20 heavy (non-hydrogen) atoms. The normalized spacial score (nSPS) is 16.6. The quantitative estimate of drug-likeness (QED) is 0.628. The SMILES string of the molecule is CCOC(=O)/C=C/c1cnc(C)c2c1COC(C)(C)O2. The second kappa shape index (κ2) is 5.63. The van der Waals surface area contributed by atoms with Gasteiger partial charge in [0.1, 0.15) is 5.75 Å². The Labute approximate surface area is 118 Å². The lowest BCUT2D eigenvalue weighted by Crippen LogP contribution is -2.36. The Morgan fingerprint density at radius 3 is 3.00 bits per heavy atom. The monoisotopic (exact) mass is 277 g/mol. The third-order valence-corrected chi connectivity index (χ3v) is 2.95. The van der Waals surface area contributed by atoms with E-state index in [4.69, 9.17) is 14.2 Å².